The van der Waals surface area contributed by atoms with Gasteiger partial charge in [-0.05, 0) is 44.0 Å². The summed E-state index contributed by atoms with van der Waals surface area (Å²) >= 11 is 12.0. The molecule has 0 saturated heterocycles. The van der Waals surface area contributed by atoms with Gasteiger partial charge in [-0.2, -0.15) is 5.10 Å². The molecule has 2 rings (SSSR count). The first-order valence-electron chi connectivity index (χ1n) is 6.96. The van der Waals surface area contributed by atoms with E-state index >= 15 is 0 Å². The lowest BCUT2D eigenvalue weighted by Gasteiger charge is -2.17. The molecule has 1 aromatic carbocycles. The van der Waals surface area contributed by atoms with E-state index in [4.69, 9.17) is 29.0 Å². The lowest BCUT2D eigenvalue weighted by molar-refractivity contribution is 0.496. The molecule has 0 saturated carbocycles. The van der Waals surface area contributed by atoms with Gasteiger partial charge in [0, 0.05) is 24.7 Å². The van der Waals surface area contributed by atoms with Gasteiger partial charge in [0.2, 0.25) is 0 Å². The molecule has 4 nitrogen and oxygen atoms in total. The Hall–Kier alpha value is -1.07. The molecule has 3 N–H and O–H groups in total. The molecule has 1 atom stereocenters. The molecule has 114 valence electrons. The van der Waals surface area contributed by atoms with Gasteiger partial charge in [0.05, 0.1) is 15.7 Å². The van der Waals surface area contributed by atoms with Gasteiger partial charge in [0.1, 0.15) is 0 Å². The van der Waals surface area contributed by atoms with Crippen LogP contribution in [-0.2, 0) is 19.4 Å². The van der Waals surface area contributed by atoms with Crippen LogP contribution in [0.1, 0.15) is 23.9 Å². The predicted octanol–water partition coefficient (Wildman–Crippen LogP) is 3.14. The summed E-state index contributed by atoms with van der Waals surface area (Å²) in [4.78, 5) is 0. The molecule has 1 aromatic heterocycles. The lowest BCUT2D eigenvalue weighted by Crippen LogP contribution is -2.39. The van der Waals surface area contributed by atoms with Crippen molar-refractivity contribution in [2.24, 2.45) is 5.84 Å². The minimum atomic E-state index is 0.114. The molecule has 0 bridgehead atoms. The van der Waals surface area contributed by atoms with Gasteiger partial charge >= 0.3 is 0 Å². The fourth-order valence-electron chi connectivity index (χ4n) is 2.43. The third-order valence-electron chi connectivity index (χ3n) is 3.44. The number of nitrogens with zero attached hydrogens (tertiary/aromatic N) is 2. The van der Waals surface area contributed by atoms with Gasteiger partial charge in [0.15, 0.2) is 0 Å². The zero-order valence-electron chi connectivity index (χ0n) is 12.2. The lowest BCUT2D eigenvalue weighted by atomic mass is 10.0. The standard InChI is InChI=1S/C15H20Cl2N4/c1-3-21-13(6-10(2)20-21)9-12(19-18)7-11-4-5-14(16)15(17)8-11/h4-6,8,12,19H,3,7,9,18H2,1-2H3. The number of hydrazine groups is 1. The zero-order chi connectivity index (χ0) is 15.4. The molecular formula is C15H20Cl2N4. The van der Waals surface area contributed by atoms with Crippen LogP contribution in [0.2, 0.25) is 10.0 Å². The Bertz CT molecular complexity index is 610. The second-order valence-corrected chi connectivity index (χ2v) is 5.93. The second kappa shape index (κ2) is 7.27. The fraction of sp³-hybridized carbons (Fsp3) is 0.400. The van der Waals surface area contributed by atoms with E-state index < -0.39 is 0 Å². The van der Waals surface area contributed by atoms with Crippen LogP contribution < -0.4 is 11.3 Å². The van der Waals surface area contributed by atoms with Gasteiger partial charge in [-0.25, -0.2) is 0 Å². The van der Waals surface area contributed by atoms with Crippen molar-refractivity contribution in [2.75, 3.05) is 0 Å². The zero-order valence-corrected chi connectivity index (χ0v) is 13.7. The maximum atomic E-state index is 6.05. The summed E-state index contributed by atoms with van der Waals surface area (Å²) < 4.78 is 2.01. The van der Waals surface area contributed by atoms with Crippen LogP contribution in [0.4, 0.5) is 0 Å². The Labute approximate surface area is 135 Å². The molecule has 0 spiro atoms. The quantitative estimate of drug-likeness (QED) is 0.633. The van der Waals surface area contributed by atoms with Crippen LogP contribution in [0.5, 0.6) is 0 Å². The van der Waals surface area contributed by atoms with Gasteiger partial charge in [-0.15, -0.1) is 0 Å². The number of hydrogen-bond acceptors (Lipinski definition) is 3. The summed E-state index contributed by atoms with van der Waals surface area (Å²) in [6.45, 7) is 4.94. The smallest absolute Gasteiger partial charge is 0.0596 e. The van der Waals surface area contributed by atoms with Crippen molar-refractivity contribution in [2.45, 2.75) is 39.3 Å². The molecule has 6 heteroatoms. The first-order chi connectivity index (χ1) is 10.0. The van der Waals surface area contributed by atoms with Crippen molar-refractivity contribution >= 4 is 23.2 Å². The van der Waals surface area contributed by atoms with Crippen molar-refractivity contribution in [3.05, 3.63) is 51.3 Å². The first kappa shape index (κ1) is 16.3. The largest absolute Gasteiger partial charge is 0.271 e. The van der Waals surface area contributed by atoms with Crippen molar-refractivity contribution < 1.29 is 0 Å². The summed E-state index contributed by atoms with van der Waals surface area (Å²) in [5, 5.41) is 5.59. The van der Waals surface area contributed by atoms with Crippen LogP contribution in [0.25, 0.3) is 0 Å². The van der Waals surface area contributed by atoms with E-state index in [-0.39, 0.29) is 6.04 Å². The minimum Gasteiger partial charge on any atom is -0.271 e. The van der Waals surface area contributed by atoms with E-state index in [0.717, 1.165) is 30.6 Å². The Morgan fingerprint density at radius 1 is 1.24 bits per heavy atom. The SMILES string of the molecule is CCn1nc(C)cc1CC(Cc1ccc(Cl)c(Cl)c1)NN. The molecular weight excluding hydrogens is 307 g/mol. The van der Waals surface area contributed by atoms with E-state index in [2.05, 4.69) is 23.5 Å². The van der Waals surface area contributed by atoms with Crippen molar-refractivity contribution in [1.82, 2.24) is 15.2 Å². The Morgan fingerprint density at radius 2 is 2.00 bits per heavy atom. The first-order valence-corrected chi connectivity index (χ1v) is 7.72. The third-order valence-corrected chi connectivity index (χ3v) is 4.18. The molecule has 0 aliphatic heterocycles. The predicted molar refractivity (Wildman–Crippen MR) is 87.6 cm³/mol. The number of aromatic nitrogens is 2. The van der Waals surface area contributed by atoms with Gasteiger partial charge in [-0.3, -0.25) is 16.0 Å². The highest BCUT2D eigenvalue weighted by Crippen LogP contribution is 2.23. The summed E-state index contributed by atoms with van der Waals surface area (Å²) in [7, 11) is 0. The summed E-state index contributed by atoms with van der Waals surface area (Å²) in [5.74, 6) is 5.70. The minimum absolute atomic E-state index is 0.114. The van der Waals surface area contributed by atoms with E-state index in [1.807, 2.05) is 29.8 Å². The van der Waals surface area contributed by atoms with Crippen LogP contribution in [0.15, 0.2) is 24.3 Å². The number of hydrogen-bond donors (Lipinski definition) is 2. The average molecular weight is 327 g/mol. The Morgan fingerprint density at radius 3 is 2.62 bits per heavy atom. The third kappa shape index (κ3) is 4.20. The molecule has 0 amide bonds. The van der Waals surface area contributed by atoms with Crippen molar-refractivity contribution in [3.63, 3.8) is 0 Å². The summed E-state index contributed by atoms with van der Waals surface area (Å²) in [6, 6.07) is 7.89. The Balaban J connectivity index is 2.10. The molecule has 0 radical (unpaired) electrons. The maximum Gasteiger partial charge on any atom is 0.0596 e. The van der Waals surface area contributed by atoms with Crippen LogP contribution in [-0.4, -0.2) is 15.8 Å². The highest BCUT2D eigenvalue weighted by Gasteiger charge is 2.13. The van der Waals surface area contributed by atoms with E-state index in [1.165, 1.54) is 5.69 Å². The van der Waals surface area contributed by atoms with E-state index in [1.54, 1.807) is 0 Å². The number of nitrogens with two attached hydrogens (primary N) is 1. The van der Waals surface area contributed by atoms with E-state index in [9.17, 15) is 0 Å². The molecule has 0 aliphatic rings. The molecule has 2 aromatic rings. The molecule has 0 aliphatic carbocycles. The van der Waals surface area contributed by atoms with Gasteiger partial charge in [-0.1, -0.05) is 29.3 Å². The van der Waals surface area contributed by atoms with Gasteiger partial charge in [0.25, 0.3) is 0 Å². The maximum absolute atomic E-state index is 6.05. The highest BCUT2D eigenvalue weighted by atomic mass is 35.5. The molecule has 21 heavy (non-hydrogen) atoms. The number of benzene rings is 1. The molecule has 0 fully saturated rings. The normalized spacial score (nSPS) is 12.6. The van der Waals surface area contributed by atoms with Gasteiger partial charge < -0.3 is 0 Å². The van der Waals surface area contributed by atoms with Crippen LogP contribution in [0.3, 0.4) is 0 Å². The molecule has 1 heterocycles. The second-order valence-electron chi connectivity index (χ2n) is 5.11. The van der Waals surface area contributed by atoms with E-state index in [0.29, 0.717) is 10.0 Å². The highest BCUT2D eigenvalue weighted by molar-refractivity contribution is 6.42. The topological polar surface area (TPSA) is 55.9 Å². The van der Waals surface area contributed by atoms with Crippen LogP contribution >= 0.6 is 23.2 Å². The summed E-state index contributed by atoms with van der Waals surface area (Å²) in [5.41, 5.74) is 6.18. The number of rotatable bonds is 6. The van der Waals surface area contributed by atoms with Crippen molar-refractivity contribution in [3.8, 4) is 0 Å². The number of nitrogens with one attached hydrogen (secondary N) is 1. The monoisotopic (exact) mass is 326 g/mol. The number of aryl methyl sites for hydroxylation is 2. The number of halogens is 2. The fourth-order valence-corrected chi connectivity index (χ4v) is 2.75. The molecule has 1 unspecified atom stereocenters. The average Bonchev–Trinajstić information content (AvgIpc) is 2.82. The summed E-state index contributed by atoms with van der Waals surface area (Å²) in [6.07, 6.45) is 1.59. The van der Waals surface area contributed by atoms with Crippen molar-refractivity contribution in [1.29, 1.82) is 0 Å². The van der Waals surface area contributed by atoms with Crippen LogP contribution in [0, 0.1) is 6.92 Å². The Kier molecular flexibility index (Phi) is 5.65.